The van der Waals surface area contributed by atoms with Crippen LogP contribution < -0.4 is 10.6 Å². The quantitative estimate of drug-likeness (QED) is 0.487. The van der Waals surface area contributed by atoms with Gasteiger partial charge in [-0.05, 0) is 12.1 Å². The van der Waals surface area contributed by atoms with Crippen LogP contribution in [0.15, 0.2) is 61.2 Å². The highest BCUT2D eigenvalue weighted by Gasteiger charge is 2.15. The van der Waals surface area contributed by atoms with Gasteiger partial charge in [0.2, 0.25) is 5.95 Å². The van der Waals surface area contributed by atoms with Crippen molar-refractivity contribution in [2.75, 3.05) is 17.2 Å². The molecule has 0 radical (unpaired) electrons. The maximum Gasteiger partial charge on any atom is 0.225 e. The highest BCUT2D eigenvalue weighted by atomic mass is 19.2. The Kier molecular flexibility index (Phi) is 5.17. The third-order valence-corrected chi connectivity index (χ3v) is 3.50. The highest BCUT2D eigenvalue weighted by molar-refractivity contribution is 5.67. The smallest absolute Gasteiger partial charge is 0.225 e. The molecule has 0 aliphatic carbocycles. The van der Waals surface area contributed by atoms with E-state index < -0.39 is 17.5 Å². The van der Waals surface area contributed by atoms with Crippen LogP contribution in [0.1, 0.15) is 0 Å². The van der Waals surface area contributed by atoms with Crippen molar-refractivity contribution < 1.29 is 13.2 Å². The van der Waals surface area contributed by atoms with E-state index in [2.05, 4.69) is 27.2 Å². The molecule has 2 aromatic carbocycles. The first-order valence-corrected chi connectivity index (χ1v) is 7.78. The molecular formula is C19H15F3N4. The molecule has 0 aliphatic rings. The molecule has 0 unspecified atom stereocenters. The van der Waals surface area contributed by atoms with Gasteiger partial charge in [0.15, 0.2) is 17.5 Å². The van der Waals surface area contributed by atoms with Crippen molar-refractivity contribution in [3.8, 4) is 11.3 Å². The van der Waals surface area contributed by atoms with Crippen molar-refractivity contribution in [3.05, 3.63) is 78.6 Å². The Bertz CT molecular complexity index is 930. The molecule has 26 heavy (non-hydrogen) atoms. The van der Waals surface area contributed by atoms with E-state index in [1.54, 1.807) is 12.1 Å². The zero-order valence-corrected chi connectivity index (χ0v) is 13.6. The van der Waals surface area contributed by atoms with Gasteiger partial charge in [0.25, 0.3) is 0 Å². The van der Waals surface area contributed by atoms with Crippen molar-refractivity contribution in [2.24, 2.45) is 0 Å². The SMILES string of the molecule is C=CCNc1nc(Nc2ccc(F)c(F)c2F)cc(-c2ccccc2)n1. The summed E-state index contributed by atoms with van der Waals surface area (Å²) in [7, 11) is 0. The van der Waals surface area contributed by atoms with Gasteiger partial charge in [-0.3, -0.25) is 0 Å². The Morgan fingerprint density at radius 3 is 2.46 bits per heavy atom. The second kappa shape index (κ2) is 7.69. The van der Waals surface area contributed by atoms with Crippen LogP contribution in [-0.4, -0.2) is 16.5 Å². The molecule has 7 heteroatoms. The molecule has 0 spiro atoms. The van der Waals surface area contributed by atoms with Crippen LogP contribution in [0.4, 0.5) is 30.6 Å². The number of benzene rings is 2. The maximum atomic E-state index is 13.9. The first kappa shape index (κ1) is 17.5. The monoisotopic (exact) mass is 356 g/mol. The van der Waals surface area contributed by atoms with Crippen molar-refractivity contribution in [1.82, 2.24) is 9.97 Å². The fourth-order valence-corrected chi connectivity index (χ4v) is 2.27. The number of aromatic nitrogens is 2. The van der Waals surface area contributed by atoms with Crippen LogP contribution >= 0.6 is 0 Å². The van der Waals surface area contributed by atoms with Crippen LogP contribution in [-0.2, 0) is 0 Å². The lowest BCUT2D eigenvalue weighted by molar-refractivity contribution is 0.449. The Labute approximate surface area is 148 Å². The Balaban J connectivity index is 2.00. The minimum absolute atomic E-state index is 0.226. The van der Waals surface area contributed by atoms with E-state index in [4.69, 9.17) is 0 Å². The molecule has 0 bridgehead atoms. The number of hydrogen-bond acceptors (Lipinski definition) is 4. The molecule has 3 rings (SSSR count). The summed E-state index contributed by atoms with van der Waals surface area (Å²) in [5.41, 5.74) is 1.18. The van der Waals surface area contributed by atoms with Gasteiger partial charge >= 0.3 is 0 Å². The van der Waals surface area contributed by atoms with E-state index in [1.165, 1.54) is 0 Å². The lowest BCUT2D eigenvalue weighted by Gasteiger charge is -2.12. The molecule has 0 fully saturated rings. The average Bonchev–Trinajstić information content (AvgIpc) is 2.67. The number of rotatable bonds is 6. The van der Waals surface area contributed by atoms with Gasteiger partial charge in [0.05, 0.1) is 11.4 Å². The molecule has 3 aromatic rings. The summed E-state index contributed by atoms with van der Waals surface area (Å²) in [5, 5.41) is 5.63. The topological polar surface area (TPSA) is 49.8 Å². The predicted octanol–water partition coefficient (Wildman–Crippen LogP) is 4.90. The molecule has 4 nitrogen and oxygen atoms in total. The van der Waals surface area contributed by atoms with Gasteiger partial charge < -0.3 is 10.6 Å². The summed E-state index contributed by atoms with van der Waals surface area (Å²) in [6, 6.07) is 12.9. The molecule has 0 saturated carbocycles. The van der Waals surface area contributed by atoms with Crippen molar-refractivity contribution in [1.29, 1.82) is 0 Å². The molecule has 1 heterocycles. The maximum absolute atomic E-state index is 13.9. The van der Waals surface area contributed by atoms with E-state index >= 15 is 0 Å². The minimum Gasteiger partial charge on any atom is -0.351 e. The zero-order valence-electron chi connectivity index (χ0n) is 13.6. The average molecular weight is 356 g/mol. The highest BCUT2D eigenvalue weighted by Crippen LogP contribution is 2.26. The second-order valence-corrected chi connectivity index (χ2v) is 5.35. The van der Waals surface area contributed by atoms with Gasteiger partial charge in [-0.25, -0.2) is 18.2 Å². The lowest BCUT2D eigenvalue weighted by Crippen LogP contribution is -2.07. The standard InChI is InChI=1S/C19H15F3N4/c1-2-10-23-19-25-15(12-6-4-3-5-7-12)11-16(26-19)24-14-9-8-13(20)17(21)18(14)22/h2-9,11H,1,10H2,(H2,23,24,25,26). The Morgan fingerprint density at radius 2 is 1.73 bits per heavy atom. The van der Waals surface area contributed by atoms with Crippen LogP contribution in [0, 0.1) is 17.5 Å². The third kappa shape index (κ3) is 3.83. The lowest BCUT2D eigenvalue weighted by atomic mass is 10.1. The fraction of sp³-hybridized carbons (Fsp3) is 0.0526. The summed E-state index contributed by atoms with van der Waals surface area (Å²) in [5.74, 6) is -3.59. The van der Waals surface area contributed by atoms with Gasteiger partial charge in [-0.2, -0.15) is 4.98 Å². The van der Waals surface area contributed by atoms with Gasteiger partial charge in [-0.1, -0.05) is 36.4 Å². The third-order valence-electron chi connectivity index (χ3n) is 3.50. The molecule has 0 aliphatic heterocycles. The Morgan fingerprint density at radius 1 is 0.962 bits per heavy atom. The van der Waals surface area contributed by atoms with Gasteiger partial charge in [0, 0.05) is 18.2 Å². The summed E-state index contributed by atoms with van der Waals surface area (Å²) < 4.78 is 40.5. The molecule has 0 atom stereocenters. The van der Waals surface area contributed by atoms with Crippen LogP contribution in [0.2, 0.25) is 0 Å². The van der Waals surface area contributed by atoms with Crippen molar-refractivity contribution in [3.63, 3.8) is 0 Å². The van der Waals surface area contributed by atoms with Gasteiger partial charge in [0.1, 0.15) is 5.82 Å². The van der Waals surface area contributed by atoms with E-state index in [-0.39, 0.29) is 17.5 Å². The summed E-state index contributed by atoms with van der Waals surface area (Å²) in [4.78, 5) is 8.62. The number of halogens is 3. The summed E-state index contributed by atoms with van der Waals surface area (Å²) in [6.07, 6.45) is 1.64. The zero-order chi connectivity index (χ0) is 18.5. The predicted molar refractivity (Wildman–Crippen MR) is 95.8 cm³/mol. The van der Waals surface area contributed by atoms with E-state index in [0.717, 1.165) is 17.7 Å². The van der Waals surface area contributed by atoms with E-state index in [0.29, 0.717) is 12.2 Å². The second-order valence-electron chi connectivity index (χ2n) is 5.35. The molecule has 0 saturated heterocycles. The van der Waals surface area contributed by atoms with E-state index in [9.17, 15) is 13.2 Å². The van der Waals surface area contributed by atoms with Crippen LogP contribution in [0.5, 0.6) is 0 Å². The number of nitrogens with zero attached hydrogens (tertiary/aromatic N) is 2. The molecule has 132 valence electrons. The Hall–Kier alpha value is -3.35. The van der Waals surface area contributed by atoms with Crippen molar-refractivity contribution in [2.45, 2.75) is 0 Å². The summed E-state index contributed by atoms with van der Waals surface area (Å²) in [6.45, 7) is 4.04. The minimum atomic E-state index is -1.54. The summed E-state index contributed by atoms with van der Waals surface area (Å²) >= 11 is 0. The fourth-order valence-electron chi connectivity index (χ4n) is 2.27. The molecule has 2 N–H and O–H groups in total. The normalized spacial score (nSPS) is 10.4. The van der Waals surface area contributed by atoms with Gasteiger partial charge in [-0.15, -0.1) is 6.58 Å². The van der Waals surface area contributed by atoms with E-state index in [1.807, 2.05) is 30.3 Å². The molecule has 1 aromatic heterocycles. The largest absolute Gasteiger partial charge is 0.351 e. The van der Waals surface area contributed by atoms with Crippen molar-refractivity contribution >= 4 is 17.5 Å². The first-order chi connectivity index (χ1) is 12.6. The van der Waals surface area contributed by atoms with Crippen LogP contribution in [0.3, 0.4) is 0 Å². The first-order valence-electron chi connectivity index (χ1n) is 7.78. The molecular weight excluding hydrogens is 341 g/mol. The number of hydrogen-bond donors (Lipinski definition) is 2. The number of nitrogens with one attached hydrogen (secondary N) is 2. The van der Waals surface area contributed by atoms with Crippen LogP contribution in [0.25, 0.3) is 11.3 Å². The number of anilines is 3. The molecule has 0 amide bonds.